The Kier molecular flexibility index (Phi) is 4.04. The first-order valence-corrected chi connectivity index (χ1v) is 6.80. The van der Waals surface area contributed by atoms with E-state index >= 15 is 0 Å². The van der Waals surface area contributed by atoms with Crippen LogP contribution in [0.1, 0.15) is 33.1 Å². The van der Waals surface area contributed by atoms with E-state index < -0.39 is 0 Å². The summed E-state index contributed by atoms with van der Waals surface area (Å²) in [6.45, 7) is 13.1. The Labute approximate surface area is 100 Å². The number of fused-ring (bicyclic) bond motifs is 1. The van der Waals surface area contributed by atoms with Gasteiger partial charge < -0.3 is 5.32 Å². The zero-order chi connectivity index (χ0) is 11.5. The quantitative estimate of drug-likeness (QED) is 0.718. The summed E-state index contributed by atoms with van der Waals surface area (Å²) in [6, 6.07) is 0.742. The summed E-state index contributed by atoms with van der Waals surface area (Å²) in [4.78, 5) is 2.53. The first-order valence-electron chi connectivity index (χ1n) is 6.80. The van der Waals surface area contributed by atoms with Crippen LogP contribution in [0, 0.1) is 11.8 Å². The van der Waals surface area contributed by atoms with E-state index in [2.05, 4.69) is 30.6 Å². The van der Waals surface area contributed by atoms with Gasteiger partial charge in [-0.15, -0.1) is 0 Å². The normalized spacial score (nSPS) is 33.3. The zero-order valence-corrected chi connectivity index (χ0v) is 10.8. The first kappa shape index (κ1) is 12.1. The van der Waals surface area contributed by atoms with Crippen LogP contribution < -0.4 is 5.32 Å². The van der Waals surface area contributed by atoms with Gasteiger partial charge in [0.25, 0.3) is 0 Å². The smallest absolute Gasteiger partial charge is 0.0226 e. The van der Waals surface area contributed by atoms with Crippen molar-refractivity contribution >= 4 is 0 Å². The second kappa shape index (κ2) is 5.33. The van der Waals surface area contributed by atoms with Crippen LogP contribution in [0.4, 0.5) is 0 Å². The molecule has 3 atom stereocenters. The van der Waals surface area contributed by atoms with Gasteiger partial charge in [-0.1, -0.05) is 25.5 Å². The Morgan fingerprint density at radius 1 is 1.44 bits per heavy atom. The van der Waals surface area contributed by atoms with Gasteiger partial charge in [0.05, 0.1) is 0 Å². The molecule has 2 aliphatic rings. The van der Waals surface area contributed by atoms with E-state index in [4.69, 9.17) is 0 Å². The zero-order valence-electron chi connectivity index (χ0n) is 10.8. The third-order valence-electron chi connectivity index (χ3n) is 4.27. The van der Waals surface area contributed by atoms with Gasteiger partial charge in [0.2, 0.25) is 0 Å². The minimum atomic E-state index is 0.742. The molecule has 2 nitrogen and oxygen atoms in total. The van der Waals surface area contributed by atoms with Gasteiger partial charge in [0, 0.05) is 19.1 Å². The third-order valence-corrected chi connectivity index (χ3v) is 4.27. The lowest BCUT2D eigenvalue weighted by Gasteiger charge is -2.27. The first-order chi connectivity index (χ1) is 7.70. The van der Waals surface area contributed by atoms with Crippen LogP contribution in [0.3, 0.4) is 0 Å². The van der Waals surface area contributed by atoms with Crippen LogP contribution in [0.25, 0.3) is 0 Å². The van der Waals surface area contributed by atoms with E-state index in [9.17, 15) is 0 Å². The largest absolute Gasteiger partial charge is 0.312 e. The lowest BCUT2D eigenvalue weighted by atomic mass is 9.94. The van der Waals surface area contributed by atoms with Gasteiger partial charge in [-0.25, -0.2) is 0 Å². The van der Waals surface area contributed by atoms with Crippen LogP contribution in [-0.4, -0.2) is 37.1 Å². The average molecular weight is 222 g/mol. The van der Waals surface area contributed by atoms with Crippen molar-refractivity contribution in [3.8, 4) is 0 Å². The molecule has 0 bridgehead atoms. The second-order valence-electron chi connectivity index (χ2n) is 5.65. The Balaban J connectivity index is 1.85. The van der Waals surface area contributed by atoms with Crippen LogP contribution in [0.15, 0.2) is 12.2 Å². The third kappa shape index (κ3) is 2.67. The maximum absolute atomic E-state index is 4.02. The molecule has 92 valence electrons. The van der Waals surface area contributed by atoms with E-state index in [1.807, 2.05) is 0 Å². The topological polar surface area (TPSA) is 15.3 Å². The Bertz CT molecular complexity index is 249. The van der Waals surface area contributed by atoms with Crippen molar-refractivity contribution < 1.29 is 0 Å². The summed E-state index contributed by atoms with van der Waals surface area (Å²) < 4.78 is 0. The summed E-state index contributed by atoms with van der Waals surface area (Å²) in [7, 11) is 0. The van der Waals surface area contributed by atoms with Crippen molar-refractivity contribution in [2.75, 3.05) is 26.2 Å². The lowest BCUT2D eigenvalue weighted by Crippen LogP contribution is -2.41. The molecule has 1 saturated carbocycles. The molecule has 0 aromatic rings. The van der Waals surface area contributed by atoms with Crippen molar-refractivity contribution in [2.45, 2.75) is 39.2 Å². The van der Waals surface area contributed by atoms with E-state index in [0.29, 0.717) is 0 Å². The minimum Gasteiger partial charge on any atom is -0.312 e. The molecule has 0 spiro atoms. The summed E-state index contributed by atoms with van der Waals surface area (Å²) >= 11 is 0. The fraction of sp³-hybridized carbons (Fsp3) is 0.857. The van der Waals surface area contributed by atoms with Gasteiger partial charge in [-0.2, -0.15) is 0 Å². The molecule has 0 radical (unpaired) electrons. The SMILES string of the molecule is C=C(C)CN(CC)CC1NCC2CCCC21. The standard InChI is InChI=1S/C14H26N2/c1-4-16(9-11(2)3)10-14-13-7-5-6-12(13)8-15-14/h12-15H,2,4-10H2,1,3H3. The van der Waals surface area contributed by atoms with E-state index in [1.165, 1.54) is 37.9 Å². The Hall–Kier alpha value is -0.340. The molecule has 0 aromatic heterocycles. The average Bonchev–Trinajstić information content (AvgIpc) is 2.80. The van der Waals surface area contributed by atoms with Crippen molar-refractivity contribution in [2.24, 2.45) is 11.8 Å². The summed E-state index contributed by atoms with van der Waals surface area (Å²) in [5.41, 5.74) is 1.28. The molecule has 2 heteroatoms. The Morgan fingerprint density at radius 3 is 2.94 bits per heavy atom. The van der Waals surface area contributed by atoms with Gasteiger partial charge >= 0.3 is 0 Å². The number of nitrogens with zero attached hydrogens (tertiary/aromatic N) is 1. The van der Waals surface area contributed by atoms with Crippen molar-refractivity contribution in [1.29, 1.82) is 0 Å². The summed E-state index contributed by atoms with van der Waals surface area (Å²) in [5, 5.41) is 3.73. The number of hydrogen-bond donors (Lipinski definition) is 1. The Morgan fingerprint density at radius 2 is 2.25 bits per heavy atom. The van der Waals surface area contributed by atoms with Gasteiger partial charge in [-0.3, -0.25) is 4.90 Å². The number of nitrogens with one attached hydrogen (secondary N) is 1. The van der Waals surface area contributed by atoms with Crippen LogP contribution in [0.5, 0.6) is 0 Å². The number of rotatable bonds is 5. The monoisotopic (exact) mass is 222 g/mol. The molecule has 2 rings (SSSR count). The summed E-state index contributed by atoms with van der Waals surface area (Å²) in [5.74, 6) is 1.94. The maximum Gasteiger partial charge on any atom is 0.0226 e. The van der Waals surface area contributed by atoms with Crippen molar-refractivity contribution in [3.63, 3.8) is 0 Å². The predicted octanol–water partition coefficient (Wildman–Crippen LogP) is 2.27. The highest BCUT2D eigenvalue weighted by Gasteiger charge is 2.39. The minimum absolute atomic E-state index is 0.742. The molecule has 16 heavy (non-hydrogen) atoms. The number of likely N-dealkylation sites (N-methyl/N-ethyl adjacent to an activating group) is 1. The maximum atomic E-state index is 4.02. The van der Waals surface area contributed by atoms with Crippen LogP contribution in [0.2, 0.25) is 0 Å². The van der Waals surface area contributed by atoms with Gasteiger partial charge in [-0.05, 0) is 44.7 Å². The molecular formula is C14H26N2. The van der Waals surface area contributed by atoms with Crippen LogP contribution in [-0.2, 0) is 0 Å². The molecule has 0 aromatic carbocycles. The van der Waals surface area contributed by atoms with Gasteiger partial charge in [0.15, 0.2) is 0 Å². The van der Waals surface area contributed by atoms with Crippen molar-refractivity contribution in [1.82, 2.24) is 10.2 Å². The second-order valence-corrected chi connectivity index (χ2v) is 5.65. The summed E-state index contributed by atoms with van der Waals surface area (Å²) in [6.07, 6.45) is 4.37. The molecule has 1 N–H and O–H groups in total. The highest BCUT2D eigenvalue weighted by molar-refractivity contribution is 4.97. The van der Waals surface area contributed by atoms with Crippen LogP contribution >= 0.6 is 0 Å². The van der Waals surface area contributed by atoms with Gasteiger partial charge in [0.1, 0.15) is 0 Å². The molecule has 2 fully saturated rings. The van der Waals surface area contributed by atoms with E-state index in [1.54, 1.807) is 0 Å². The fourth-order valence-electron chi connectivity index (χ4n) is 3.47. The van der Waals surface area contributed by atoms with E-state index in [0.717, 1.165) is 31.0 Å². The molecular weight excluding hydrogens is 196 g/mol. The number of hydrogen-bond acceptors (Lipinski definition) is 2. The molecule has 1 aliphatic carbocycles. The lowest BCUT2D eigenvalue weighted by molar-refractivity contribution is 0.251. The van der Waals surface area contributed by atoms with Crippen molar-refractivity contribution in [3.05, 3.63) is 12.2 Å². The predicted molar refractivity (Wildman–Crippen MR) is 69.5 cm³/mol. The van der Waals surface area contributed by atoms with E-state index in [-0.39, 0.29) is 0 Å². The molecule has 3 unspecified atom stereocenters. The molecule has 1 heterocycles. The highest BCUT2D eigenvalue weighted by atomic mass is 15.2. The molecule has 1 saturated heterocycles. The molecule has 1 aliphatic heterocycles. The fourth-order valence-corrected chi connectivity index (χ4v) is 3.47. The highest BCUT2D eigenvalue weighted by Crippen LogP contribution is 2.37. The molecule has 0 amide bonds.